The van der Waals surface area contributed by atoms with Gasteiger partial charge in [-0.2, -0.15) is 0 Å². The van der Waals surface area contributed by atoms with Crippen LogP contribution in [0.3, 0.4) is 0 Å². The molecule has 2 nitrogen and oxygen atoms in total. The second-order valence-electron chi connectivity index (χ2n) is 4.45. The summed E-state index contributed by atoms with van der Waals surface area (Å²) in [6.45, 7) is 5.94. The summed E-state index contributed by atoms with van der Waals surface area (Å²) in [5.74, 6) is -0.192. The molecule has 1 aromatic rings. The highest BCUT2D eigenvalue weighted by Crippen LogP contribution is 2.14. The van der Waals surface area contributed by atoms with E-state index in [1.165, 1.54) is 6.07 Å². The molecule has 0 aliphatic rings. The molecule has 0 unspecified atom stereocenters. The van der Waals surface area contributed by atoms with Crippen LogP contribution in [-0.4, -0.2) is 17.3 Å². The van der Waals surface area contributed by atoms with E-state index in [4.69, 9.17) is 0 Å². The molecule has 0 heterocycles. The van der Waals surface area contributed by atoms with E-state index in [2.05, 4.69) is 5.32 Å². The fourth-order valence-electron chi connectivity index (χ4n) is 1.27. The molecule has 1 aromatic carbocycles. The summed E-state index contributed by atoms with van der Waals surface area (Å²) in [5.41, 5.74) is 0.851. The van der Waals surface area contributed by atoms with Gasteiger partial charge in [0.2, 0.25) is 0 Å². The summed E-state index contributed by atoms with van der Waals surface area (Å²) in [5, 5.41) is 12.6. The van der Waals surface area contributed by atoms with E-state index >= 15 is 0 Å². The van der Waals surface area contributed by atoms with E-state index in [0.717, 1.165) is 5.69 Å². The second kappa shape index (κ2) is 4.62. The number of nitrogens with one attached hydrogen (secondary N) is 1. The topological polar surface area (TPSA) is 32.3 Å². The fourth-order valence-corrected chi connectivity index (χ4v) is 1.27. The molecule has 0 saturated heterocycles. The first-order valence-corrected chi connectivity index (χ1v) is 5.11. The third kappa shape index (κ3) is 4.30. The van der Waals surface area contributed by atoms with Crippen LogP contribution in [0.25, 0.3) is 0 Å². The predicted molar refractivity (Wildman–Crippen MR) is 60.5 cm³/mol. The average molecular weight is 211 g/mol. The lowest BCUT2D eigenvalue weighted by molar-refractivity contribution is 0.0749. The van der Waals surface area contributed by atoms with Crippen LogP contribution in [0, 0.1) is 12.7 Å². The molecule has 0 aliphatic heterocycles. The van der Waals surface area contributed by atoms with Gasteiger partial charge in [-0.05, 0) is 51.0 Å². The summed E-state index contributed by atoms with van der Waals surface area (Å²) >= 11 is 0. The van der Waals surface area contributed by atoms with Gasteiger partial charge in [-0.25, -0.2) is 4.39 Å². The van der Waals surface area contributed by atoms with Crippen LogP contribution in [-0.2, 0) is 0 Å². The Labute approximate surface area is 90.1 Å². The zero-order chi connectivity index (χ0) is 11.5. The Balaban J connectivity index is 2.48. The molecular weight excluding hydrogens is 193 g/mol. The van der Waals surface area contributed by atoms with Crippen LogP contribution in [0.4, 0.5) is 10.1 Å². The molecule has 0 aliphatic carbocycles. The molecule has 0 aromatic heterocycles. The molecule has 84 valence electrons. The Kier molecular flexibility index (Phi) is 3.69. The molecule has 3 heteroatoms. The van der Waals surface area contributed by atoms with E-state index in [1.807, 2.05) is 0 Å². The summed E-state index contributed by atoms with van der Waals surface area (Å²) in [7, 11) is 0. The molecule has 2 N–H and O–H groups in total. The Hall–Kier alpha value is -1.09. The van der Waals surface area contributed by atoms with Gasteiger partial charge in [0.15, 0.2) is 0 Å². The minimum absolute atomic E-state index is 0.192. The highest BCUT2D eigenvalue weighted by molar-refractivity contribution is 5.45. The van der Waals surface area contributed by atoms with Crippen molar-refractivity contribution in [3.05, 3.63) is 29.6 Å². The Bertz CT molecular complexity index is 331. The molecule has 0 bridgehead atoms. The smallest absolute Gasteiger partial charge is 0.126 e. The SMILES string of the molecule is Cc1cc(NCCC(C)(C)O)ccc1F. The summed E-state index contributed by atoms with van der Waals surface area (Å²) in [6.07, 6.45) is 0.656. The molecule has 0 amide bonds. The van der Waals surface area contributed by atoms with Gasteiger partial charge in [0.1, 0.15) is 5.82 Å². The standard InChI is InChI=1S/C12H18FNO/c1-9-8-10(4-5-11(9)13)14-7-6-12(2,3)15/h4-5,8,14-15H,6-7H2,1-3H3. The van der Waals surface area contributed by atoms with Gasteiger partial charge in [0.05, 0.1) is 5.60 Å². The molecule has 0 fully saturated rings. The Morgan fingerprint density at radius 2 is 2.07 bits per heavy atom. The number of aliphatic hydroxyl groups is 1. The number of hydrogen-bond donors (Lipinski definition) is 2. The van der Waals surface area contributed by atoms with Crippen LogP contribution >= 0.6 is 0 Å². The normalized spacial score (nSPS) is 11.5. The minimum Gasteiger partial charge on any atom is -0.390 e. The van der Waals surface area contributed by atoms with Gasteiger partial charge in [0, 0.05) is 12.2 Å². The van der Waals surface area contributed by atoms with Crippen molar-refractivity contribution in [3.8, 4) is 0 Å². The second-order valence-corrected chi connectivity index (χ2v) is 4.45. The zero-order valence-corrected chi connectivity index (χ0v) is 9.47. The maximum atomic E-state index is 12.9. The monoisotopic (exact) mass is 211 g/mol. The summed E-state index contributed by atoms with van der Waals surface area (Å²) < 4.78 is 12.9. The van der Waals surface area contributed by atoms with Crippen molar-refractivity contribution in [1.82, 2.24) is 0 Å². The van der Waals surface area contributed by atoms with Gasteiger partial charge in [0.25, 0.3) is 0 Å². The third-order valence-corrected chi connectivity index (χ3v) is 2.22. The first kappa shape index (κ1) is 12.0. The van der Waals surface area contributed by atoms with E-state index in [0.29, 0.717) is 18.5 Å². The molecular formula is C12H18FNO. The average Bonchev–Trinajstić information content (AvgIpc) is 2.09. The number of anilines is 1. The van der Waals surface area contributed by atoms with Crippen LogP contribution < -0.4 is 5.32 Å². The van der Waals surface area contributed by atoms with Gasteiger partial charge < -0.3 is 10.4 Å². The van der Waals surface area contributed by atoms with E-state index in [-0.39, 0.29) is 5.82 Å². The van der Waals surface area contributed by atoms with Crippen LogP contribution in [0.5, 0.6) is 0 Å². The van der Waals surface area contributed by atoms with Gasteiger partial charge in [-0.15, -0.1) is 0 Å². The predicted octanol–water partition coefficient (Wildman–Crippen LogP) is 2.71. The maximum absolute atomic E-state index is 12.9. The van der Waals surface area contributed by atoms with Gasteiger partial charge >= 0.3 is 0 Å². The first-order valence-electron chi connectivity index (χ1n) is 5.11. The van der Waals surface area contributed by atoms with Crippen molar-refractivity contribution in [3.63, 3.8) is 0 Å². The lowest BCUT2D eigenvalue weighted by Crippen LogP contribution is -2.22. The minimum atomic E-state index is -0.665. The lowest BCUT2D eigenvalue weighted by Gasteiger charge is -2.17. The third-order valence-electron chi connectivity index (χ3n) is 2.22. The molecule has 0 saturated carbocycles. The highest BCUT2D eigenvalue weighted by atomic mass is 19.1. The molecule has 1 rings (SSSR count). The number of halogens is 1. The van der Waals surface area contributed by atoms with Crippen LogP contribution in [0.1, 0.15) is 25.8 Å². The largest absolute Gasteiger partial charge is 0.390 e. The molecule has 0 radical (unpaired) electrons. The van der Waals surface area contributed by atoms with Crippen LogP contribution in [0.15, 0.2) is 18.2 Å². The van der Waals surface area contributed by atoms with Crippen LogP contribution in [0.2, 0.25) is 0 Å². The van der Waals surface area contributed by atoms with E-state index in [9.17, 15) is 9.50 Å². The highest BCUT2D eigenvalue weighted by Gasteiger charge is 2.11. The molecule has 0 spiro atoms. The molecule has 0 atom stereocenters. The van der Waals surface area contributed by atoms with Crippen molar-refractivity contribution in [2.24, 2.45) is 0 Å². The quantitative estimate of drug-likeness (QED) is 0.802. The number of benzene rings is 1. The van der Waals surface area contributed by atoms with E-state index in [1.54, 1.807) is 32.9 Å². The van der Waals surface area contributed by atoms with Crippen molar-refractivity contribution >= 4 is 5.69 Å². The van der Waals surface area contributed by atoms with Gasteiger partial charge in [-0.3, -0.25) is 0 Å². The van der Waals surface area contributed by atoms with Crippen molar-refractivity contribution in [1.29, 1.82) is 0 Å². The van der Waals surface area contributed by atoms with Crippen molar-refractivity contribution < 1.29 is 9.50 Å². The summed E-state index contributed by atoms with van der Waals surface area (Å²) in [6, 6.07) is 4.91. The maximum Gasteiger partial charge on any atom is 0.126 e. The number of aryl methyl sites for hydroxylation is 1. The van der Waals surface area contributed by atoms with E-state index < -0.39 is 5.60 Å². The van der Waals surface area contributed by atoms with Gasteiger partial charge in [-0.1, -0.05) is 0 Å². The number of rotatable bonds is 4. The lowest BCUT2D eigenvalue weighted by atomic mass is 10.1. The molecule has 15 heavy (non-hydrogen) atoms. The summed E-state index contributed by atoms with van der Waals surface area (Å²) in [4.78, 5) is 0. The number of hydrogen-bond acceptors (Lipinski definition) is 2. The Morgan fingerprint density at radius 3 is 2.60 bits per heavy atom. The van der Waals surface area contributed by atoms with Crippen molar-refractivity contribution in [2.75, 3.05) is 11.9 Å². The zero-order valence-electron chi connectivity index (χ0n) is 9.47. The van der Waals surface area contributed by atoms with Crippen molar-refractivity contribution in [2.45, 2.75) is 32.8 Å². The Morgan fingerprint density at radius 1 is 1.40 bits per heavy atom. The first-order chi connectivity index (χ1) is 6.88. The fraction of sp³-hybridized carbons (Fsp3) is 0.500.